The van der Waals surface area contributed by atoms with Crippen LogP contribution in [0.3, 0.4) is 0 Å². The van der Waals surface area contributed by atoms with Crippen molar-refractivity contribution in [3.05, 3.63) is 23.8 Å². The predicted molar refractivity (Wildman–Crippen MR) is 99.3 cm³/mol. The topological polar surface area (TPSA) is 125 Å². The summed E-state index contributed by atoms with van der Waals surface area (Å²) in [6.07, 6.45) is 2.18. The summed E-state index contributed by atoms with van der Waals surface area (Å²) in [5.41, 5.74) is 6.86. The van der Waals surface area contributed by atoms with Crippen LogP contribution in [-0.2, 0) is 9.59 Å². The third kappa shape index (κ3) is 4.18. The van der Waals surface area contributed by atoms with Gasteiger partial charge in [0.05, 0.1) is 17.9 Å². The Labute approximate surface area is 156 Å². The van der Waals surface area contributed by atoms with Crippen LogP contribution in [0.25, 0.3) is 0 Å². The Morgan fingerprint density at radius 2 is 2.11 bits per heavy atom. The molecule has 5 amide bonds. The van der Waals surface area contributed by atoms with Crippen molar-refractivity contribution in [2.75, 3.05) is 36.4 Å². The van der Waals surface area contributed by atoms with Gasteiger partial charge in [-0.2, -0.15) is 0 Å². The average molecular weight is 373 g/mol. The molecule has 0 aliphatic carbocycles. The normalized spacial score (nSPS) is 19.8. The Hall–Kier alpha value is -3.10. The molecule has 2 fully saturated rings. The highest BCUT2D eigenvalue weighted by Gasteiger charge is 2.30. The zero-order chi connectivity index (χ0) is 19.6. The van der Waals surface area contributed by atoms with Crippen LogP contribution in [0.1, 0.15) is 30.1 Å². The van der Waals surface area contributed by atoms with E-state index in [1.165, 1.54) is 6.07 Å². The monoisotopic (exact) mass is 373 g/mol. The number of carbonyl (C=O) groups excluding carboxylic acids is 4. The minimum absolute atomic E-state index is 0.111. The van der Waals surface area contributed by atoms with Crippen LogP contribution in [-0.4, -0.2) is 54.8 Å². The summed E-state index contributed by atoms with van der Waals surface area (Å²) in [7, 11) is 0. The second-order valence-electron chi connectivity index (χ2n) is 6.98. The van der Waals surface area contributed by atoms with Gasteiger partial charge < -0.3 is 21.3 Å². The molecule has 9 nitrogen and oxygen atoms in total. The lowest BCUT2D eigenvalue weighted by molar-refractivity contribution is -0.128. The molecule has 144 valence electrons. The molecule has 27 heavy (non-hydrogen) atoms. The van der Waals surface area contributed by atoms with Gasteiger partial charge in [-0.3, -0.25) is 19.3 Å². The van der Waals surface area contributed by atoms with Gasteiger partial charge in [0.1, 0.15) is 6.54 Å². The van der Waals surface area contributed by atoms with Crippen molar-refractivity contribution in [3.8, 4) is 0 Å². The number of nitrogens with one attached hydrogen (secondary N) is 2. The van der Waals surface area contributed by atoms with Crippen molar-refractivity contribution in [1.29, 1.82) is 0 Å². The number of amides is 5. The summed E-state index contributed by atoms with van der Waals surface area (Å²) in [5, 5.41) is 5.09. The summed E-state index contributed by atoms with van der Waals surface area (Å²) in [4.78, 5) is 50.2. The van der Waals surface area contributed by atoms with E-state index in [0.717, 1.165) is 36.5 Å². The number of imide groups is 1. The van der Waals surface area contributed by atoms with Gasteiger partial charge in [-0.25, -0.2) is 4.79 Å². The third-order valence-corrected chi connectivity index (χ3v) is 4.79. The molecular weight excluding hydrogens is 350 g/mol. The lowest BCUT2D eigenvalue weighted by Gasteiger charge is -2.34. The summed E-state index contributed by atoms with van der Waals surface area (Å²) >= 11 is 0. The number of hydrogen-bond acceptors (Lipinski definition) is 5. The Bertz CT molecular complexity index is 778. The highest BCUT2D eigenvalue weighted by atomic mass is 16.2. The molecular formula is C18H23N5O4. The van der Waals surface area contributed by atoms with E-state index in [1.807, 2.05) is 0 Å². The number of anilines is 2. The number of nitrogens with two attached hydrogens (primary N) is 1. The first-order chi connectivity index (χ1) is 12.8. The molecule has 2 aliphatic heterocycles. The number of benzene rings is 1. The Balaban J connectivity index is 1.82. The molecule has 4 N–H and O–H groups in total. The molecule has 0 saturated carbocycles. The maximum Gasteiger partial charge on any atom is 0.325 e. The number of piperidine rings is 1. The lowest BCUT2D eigenvalue weighted by Crippen LogP contribution is -2.39. The third-order valence-electron chi connectivity index (χ3n) is 4.79. The number of carbonyl (C=O) groups is 4. The number of hydrogen-bond donors (Lipinski definition) is 3. The van der Waals surface area contributed by atoms with Crippen molar-refractivity contribution >= 4 is 35.1 Å². The summed E-state index contributed by atoms with van der Waals surface area (Å²) in [6, 6.07) is 4.33. The van der Waals surface area contributed by atoms with Crippen molar-refractivity contribution < 1.29 is 19.2 Å². The smallest absolute Gasteiger partial charge is 0.325 e. The van der Waals surface area contributed by atoms with E-state index in [0.29, 0.717) is 11.6 Å². The van der Waals surface area contributed by atoms with E-state index < -0.39 is 23.8 Å². The zero-order valence-corrected chi connectivity index (χ0v) is 15.2. The molecule has 0 aromatic heterocycles. The molecule has 0 radical (unpaired) electrons. The molecule has 2 heterocycles. The predicted octanol–water partition coefficient (Wildman–Crippen LogP) is 0.512. The first kappa shape index (κ1) is 18.7. The maximum atomic E-state index is 12.4. The van der Waals surface area contributed by atoms with Crippen LogP contribution in [0, 0.1) is 5.92 Å². The number of rotatable bonds is 5. The summed E-state index contributed by atoms with van der Waals surface area (Å²) < 4.78 is 0. The van der Waals surface area contributed by atoms with Crippen molar-refractivity contribution in [2.24, 2.45) is 11.7 Å². The van der Waals surface area contributed by atoms with Gasteiger partial charge in [-0.15, -0.1) is 0 Å². The van der Waals surface area contributed by atoms with Crippen molar-refractivity contribution in [1.82, 2.24) is 10.2 Å². The lowest BCUT2D eigenvalue weighted by atomic mass is 9.99. The van der Waals surface area contributed by atoms with E-state index >= 15 is 0 Å². The molecule has 1 atom stereocenters. The quantitative estimate of drug-likeness (QED) is 0.649. The minimum Gasteiger partial charge on any atom is -0.370 e. The zero-order valence-electron chi connectivity index (χ0n) is 15.2. The van der Waals surface area contributed by atoms with Gasteiger partial charge in [0.15, 0.2) is 0 Å². The second kappa shape index (κ2) is 7.65. The fraction of sp³-hybridized carbons (Fsp3) is 0.444. The molecule has 2 saturated heterocycles. The minimum atomic E-state index is -0.599. The van der Waals surface area contributed by atoms with Gasteiger partial charge >= 0.3 is 6.03 Å². The number of primary amides is 1. The fourth-order valence-corrected chi connectivity index (χ4v) is 3.42. The van der Waals surface area contributed by atoms with Gasteiger partial charge in [0.25, 0.3) is 5.91 Å². The van der Waals surface area contributed by atoms with Gasteiger partial charge in [-0.05, 0) is 37.0 Å². The van der Waals surface area contributed by atoms with E-state index in [9.17, 15) is 19.2 Å². The molecule has 0 spiro atoms. The maximum absolute atomic E-state index is 12.4. The van der Waals surface area contributed by atoms with Crippen LogP contribution >= 0.6 is 0 Å². The van der Waals surface area contributed by atoms with E-state index in [2.05, 4.69) is 22.5 Å². The van der Waals surface area contributed by atoms with E-state index in [1.54, 1.807) is 12.1 Å². The van der Waals surface area contributed by atoms with Crippen LogP contribution in [0.5, 0.6) is 0 Å². The van der Waals surface area contributed by atoms with Gasteiger partial charge in [0, 0.05) is 18.7 Å². The van der Waals surface area contributed by atoms with Gasteiger partial charge in [-0.1, -0.05) is 6.92 Å². The highest BCUT2D eigenvalue weighted by Crippen LogP contribution is 2.31. The Morgan fingerprint density at radius 1 is 1.33 bits per heavy atom. The Kier molecular flexibility index (Phi) is 5.29. The van der Waals surface area contributed by atoms with Crippen LogP contribution in [0.2, 0.25) is 0 Å². The molecule has 0 bridgehead atoms. The highest BCUT2D eigenvalue weighted by molar-refractivity contribution is 6.07. The molecule has 2 aliphatic rings. The van der Waals surface area contributed by atoms with E-state index in [-0.39, 0.29) is 18.7 Å². The summed E-state index contributed by atoms with van der Waals surface area (Å²) in [5.74, 6) is -1.05. The van der Waals surface area contributed by atoms with Crippen molar-refractivity contribution in [2.45, 2.75) is 19.8 Å². The molecule has 1 aromatic carbocycles. The SMILES string of the molecule is C[C@H]1CCCN(c2ccc(C(N)=O)cc2NC(=O)CN2C(=O)CNC2=O)C1. The number of nitrogens with zero attached hydrogens (tertiary/aromatic N) is 2. The standard InChI is InChI=1S/C18H23N5O4/c1-11-3-2-6-22(9-11)14-5-4-12(17(19)26)7-13(14)21-15(24)10-23-16(25)8-20-18(23)27/h4-5,7,11H,2-3,6,8-10H2,1H3,(H2,19,26)(H,20,27)(H,21,24)/t11-/m0/s1. The second-order valence-corrected chi connectivity index (χ2v) is 6.98. The molecule has 9 heteroatoms. The fourth-order valence-electron chi connectivity index (χ4n) is 3.42. The molecule has 1 aromatic rings. The van der Waals surface area contributed by atoms with Crippen molar-refractivity contribution in [3.63, 3.8) is 0 Å². The largest absolute Gasteiger partial charge is 0.370 e. The molecule has 0 unspecified atom stereocenters. The van der Waals surface area contributed by atoms with Crippen LogP contribution < -0.4 is 21.3 Å². The van der Waals surface area contributed by atoms with Crippen LogP contribution in [0.4, 0.5) is 16.2 Å². The summed E-state index contributed by atoms with van der Waals surface area (Å²) in [6.45, 7) is 3.35. The van der Waals surface area contributed by atoms with E-state index in [4.69, 9.17) is 5.73 Å². The first-order valence-electron chi connectivity index (χ1n) is 8.92. The van der Waals surface area contributed by atoms with Crippen LogP contribution in [0.15, 0.2) is 18.2 Å². The average Bonchev–Trinajstić information content (AvgIpc) is 2.93. The van der Waals surface area contributed by atoms with Gasteiger partial charge in [0.2, 0.25) is 11.8 Å². The number of urea groups is 1. The molecule has 3 rings (SSSR count). The Morgan fingerprint density at radius 3 is 2.74 bits per heavy atom. The first-order valence-corrected chi connectivity index (χ1v) is 8.92.